The summed E-state index contributed by atoms with van der Waals surface area (Å²) >= 11 is 0. The number of nitrogens with one attached hydrogen (secondary N) is 1. The Bertz CT molecular complexity index is 673. The van der Waals surface area contributed by atoms with E-state index in [-0.39, 0.29) is 5.82 Å². The Morgan fingerprint density at radius 1 is 0.960 bits per heavy atom. The van der Waals surface area contributed by atoms with Crippen molar-refractivity contribution < 1.29 is 4.39 Å². The summed E-state index contributed by atoms with van der Waals surface area (Å²) in [4.78, 5) is 4.98. The fourth-order valence-electron chi connectivity index (χ4n) is 3.17. The molecule has 1 aromatic heterocycles. The molecule has 25 heavy (non-hydrogen) atoms. The van der Waals surface area contributed by atoms with E-state index < -0.39 is 0 Å². The molecule has 0 radical (unpaired) electrons. The average Bonchev–Trinajstić information content (AvgIpc) is 2.58. The highest BCUT2D eigenvalue weighted by Crippen LogP contribution is 2.35. The highest BCUT2D eigenvalue weighted by atomic mass is 19.1. The van der Waals surface area contributed by atoms with Crippen LogP contribution in [0.2, 0.25) is 0 Å². The SMILES string of the molecule is CC.CNCc1c(C(C)C)nc(C(C)C)c(C)c1-c1ccc(F)cc1. The van der Waals surface area contributed by atoms with Gasteiger partial charge in [-0.3, -0.25) is 4.98 Å². The molecule has 0 aliphatic rings. The fourth-order valence-corrected chi connectivity index (χ4v) is 3.17. The first-order chi connectivity index (χ1) is 11.9. The van der Waals surface area contributed by atoms with Crippen molar-refractivity contribution in [1.82, 2.24) is 10.3 Å². The zero-order chi connectivity index (χ0) is 19.1. The van der Waals surface area contributed by atoms with E-state index >= 15 is 0 Å². The van der Waals surface area contributed by atoms with Gasteiger partial charge in [0.25, 0.3) is 0 Å². The normalized spacial score (nSPS) is 10.8. The van der Waals surface area contributed by atoms with E-state index in [9.17, 15) is 4.39 Å². The lowest BCUT2D eigenvalue weighted by atomic mass is 9.88. The average molecular weight is 345 g/mol. The highest BCUT2D eigenvalue weighted by molar-refractivity contribution is 5.73. The molecule has 0 fully saturated rings. The van der Waals surface area contributed by atoms with E-state index in [1.807, 2.05) is 33.0 Å². The van der Waals surface area contributed by atoms with Crippen LogP contribution in [0.5, 0.6) is 0 Å². The third-order valence-corrected chi connectivity index (χ3v) is 4.19. The van der Waals surface area contributed by atoms with Gasteiger partial charge in [0.2, 0.25) is 0 Å². The lowest BCUT2D eigenvalue weighted by Gasteiger charge is -2.23. The zero-order valence-corrected chi connectivity index (χ0v) is 17.0. The summed E-state index contributed by atoms with van der Waals surface area (Å²) in [7, 11) is 1.95. The third-order valence-electron chi connectivity index (χ3n) is 4.19. The van der Waals surface area contributed by atoms with Gasteiger partial charge in [0.15, 0.2) is 0 Å². The molecule has 0 aliphatic carbocycles. The minimum Gasteiger partial charge on any atom is -0.316 e. The second-order valence-electron chi connectivity index (χ2n) is 6.71. The Morgan fingerprint density at radius 3 is 1.92 bits per heavy atom. The van der Waals surface area contributed by atoms with Crippen molar-refractivity contribution in [1.29, 1.82) is 0 Å². The van der Waals surface area contributed by atoms with Gasteiger partial charge in [-0.25, -0.2) is 4.39 Å². The number of benzene rings is 1. The number of nitrogens with zero attached hydrogens (tertiary/aromatic N) is 1. The number of rotatable bonds is 5. The van der Waals surface area contributed by atoms with Gasteiger partial charge in [0.05, 0.1) is 0 Å². The Morgan fingerprint density at radius 2 is 1.48 bits per heavy atom. The predicted molar refractivity (Wildman–Crippen MR) is 107 cm³/mol. The van der Waals surface area contributed by atoms with Gasteiger partial charge < -0.3 is 5.32 Å². The second-order valence-corrected chi connectivity index (χ2v) is 6.71. The topological polar surface area (TPSA) is 24.9 Å². The lowest BCUT2D eigenvalue weighted by molar-refractivity contribution is 0.628. The Labute approximate surface area is 152 Å². The smallest absolute Gasteiger partial charge is 0.123 e. The van der Waals surface area contributed by atoms with Crippen LogP contribution in [0.15, 0.2) is 24.3 Å². The van der Waals surface area contributed by atoms with E-state index in [4.69, 9.17) is 4.98 Å². The maximum atomic E-state index is 13.3. The van der Waals surface area contributed by atoms with Gasteiger partial charge >= 0.3 is 0 Å². The van der Waals surface area contributed by atoms with Crippen molar-refractivity contribution in [2.75, 3.05) is 7.05 Å². The van der Waals surface area contributed by atoms with Gasteiger partial charge in [-0.05, 0) is 60.2 Å². The largest absolute Gasteiger partial charge is 0.316 e. The molecule has 1 N–H and O–H groups in total. The molecule has 2 rings (SSSR count). The molecule has 3 heteroatoms. The number of hydrogen-bond donors (Lipinski definition) is 1. The van der Waals surface area contributed by atoms with E-state index in [1.54, 1.807) is 0 Å². The van der Waals surface area contributed by atoms with Crippen LogP contribution in [0.25, 0.3) is 11.1 Å². The monoisotopic (exact) mass is 344 g/mol. The van der Waals surface area contributed by atoms with E-state index in [2.05, 4.69) is 39.9 Å². The molecule has 1 heterocycles. The number of pyridine rings is 1. The molecular formula is C22H33FN2. The standard InChI is InChI=1S/C20H27FN2.C2H6/c1-12(2)19-14(5)18(15-7-9-16(21)10-8-15)17(11-22-6)20(23-19)13(3)4;1-2/h7-10,12-13,22H,11H2,1-6H3;1-2H3. The van der Waals surface area contributed by atoms with Gasteiger partial charge in [0, 0.05) is 17.9 Å². The first-order valence-electron chi connectivity index (χ1n) is 9.30. The van der Waals surface area contributed by atoms with Gasteiger partial charge in [-0.1, -0.05) is 53.7 Å². The number of hydrogen-bond acceptors (Lipinski definition) is 2. The number of aromatic nitrogens is 1. The Balaban J connectivity index is 0.00000151. The van der Waals surface area contributed by atoms with Crippen LogP contribution in [-0.2, 0) is 6.54 Å². The van der Waals surface area contributed by atoms with Crippen LogP contribution in [-0.4, -0.2) is 12.0 Å². The molecule has 0 saturated carbocycles. The van der Waals surface area contributed by atoms with Crippen molar-refractivity contribution in [3.05, 3.63) is 52.6 Å². The fraction of sp³-hybridized carbons (Fsp3) is 0.500. The Hall–Kier alpha value is -1.74. The van der Waals surface area contributed by atoms with Crippen LogP contribution in [0, 0.1) is 12.7 Å². The first-order valence-corrected chi connectivity index (χ1v) is 9.30. The molecule has 2 nitrogen and oxygen atoms in total. The van der Waals surface area contributed by atoms with Crippen LogP contribution < -0.4 is 5.32 Å². The van der Waals surface area contributed by atoms with Crippen LogP contribution in [0.4, 0.5) is 4.39 Å². The van der Waals surface area contributed by atoms with E-state index in [1.165, 1.54) is 28.8 Å². The van der Waals surface area contributed by atoms with Gasteiger partial charge in [0.1, 0.15) is 5.82 Å². The van der Waals surface area contributed by atoms with Crippen molar-refractivity contribution >= 4 is 0 Å². The highest BCUT2D eigenvalue weighted by Gasteiger charge is 2.21. The van der Waals surface area contributed by atoms with Gasteiger partial charge in [-0.2, -0.15) is 0 Å². The zero-order valence-electron chi connectivity index (χ0n) is 17.0. The quantitative estimate of drug-likeness (QED) is 0.699. The maximum Gasteiger partial charge on any atom is 0.123 e. The maximum absolute atomic E-state index is 13.3. The minimum atomic E-state index is -0.205. The summed E-state index contributed by atoms with van der Waals surface area (Å²) in [6, 6.07) is 6.79. The second kappa shape index (κ2) is 9.67. The van der Waals surface area contributed by atoms with Crippen molar-refractivity contribution in [2.45, 2.75) is 66.8 Å². The molecule has 0 atom stereocenters. The molecule has 0 spiro atoms. The van der Waals surface area contributed by atoms with Crippen LogP contribution in [0.1, 0.15) is 75.9 Å². The molecule has 0 unspecified atom stereocenters. The summed E-state index contributed by atoms with van der Waals surface area (Å²) in [5, 5.41) is 3.26. The Kier molecular flexibility index (Phi) is 8.24. The van der Waals surface area contributed by atoms with Crippen LogP contribution >= 0.6 is 0 Å². The summed E-state index contributed by atoms with van der Waals surface area (Å²) in [6.07, 6.45) is 0. The molecule has 1 aromatic carbocycles. The van der Waals surface area contributed by atoms with Crippen molar-refractivity contribution in [3.8, 4) is 11.1 Å². The van der Waals surface area contributed by atoms with E-state index in [0.29, 0.717) is 11.8 Å². The molecule has 138 valence electrons. The van der Waals surface area contributed by atoms with E-state index in [0.717, 1.165) is 23.5 Å². The summed E-state index contributed by atoms with van der Waals surface area (Å²) in [6.45, 7) is 15.6. The third kappa shape index (κ3) is 4.88. The molecular weight excluding hydrogens is 311 g/mol. The number of halogens is 1. The lowest BCUT2D eigenvalue weighted by Crippen LogP contribution is -2.15. The molecule has 0 saturated heterocycles. The van der Waals surface area contributed by atoms with Crippen molar-refractivity contribution in [2.24, 2.45) is 0 Å². The summed E-state index contributed by atoms with van der Waals surface area (Å²) < 4.78 is 13.3. The first kappa shape index (κ1) is 21.3. The van der Waals surface area contributed by atoms with Crippen LogP contribution in [0.3, 0.4) is 0 Å². The molecule has 0 amide bonds. The molecule has 2 aromatic rings. The molecule has 0 bridgehead atoms. The van der Waals surface area contributed by atoms with Crippen molar-refractivity contribution in [3.63, 3.8) is 0 Å². The van der Waals surface area contributed by atoms with Gasteiger partial charge in [-0.15, -0.1) is 0 Å². The summed E-state index contributed by atoms with van der Waals surface area (Å²) in [5.41, 5.74) is 6.93. The minimum absolute atomic E-state index is 0.205. The predicted octanol–water partition coefficient (Wildman–Crippen LogP) is 6.19. The molecule has 0 aliphatic heterocycles. The summed E-state index contributed by atoms with van der Waals surface area (Å²) in [5.74, 6) is 0.495.